The maximum absolute atomic E-state index is 13.3. The van der Waals surface area contributed by atoms with E-state index in [1.807, 2.05) is 30.3 Å². The summed E-state index contributed by atoms with van der Waals surface area (Å²) in [5.41, 5.74) is 1.32. The standard InChI is InChI=1S/C26H21BrO7/c1-30-21-13-17(12-19(27)25(21)31-2)24-26(23(29)18-10-6-7-11-20(18)34-24)33-15-22(28)32-14-16-8-4-3-5-9-16/h3-13H,14-15H2,1-2H3. The second-order valence-corrected chi connectivity index (χ2v) is 8.07. The number of para-hydroxylation sites is 1. The van der Waals surface area contributed by atoms with Crippen molar-refractivity contribution in [2.75, 3.05) is 20.8 Å². The molecular formula is C26H21BrO7. The highest BCUT2D eigenvalue weighted by molar-refractivity contribution is 9.10. The molecule has 34 heavy (non-hydrogen) atoms. The number of carbonyl (C=O) groups is 1. The molecule has 3 aromatic carbocycles. The van der Waals surface area contributed by atoms with Crippen LogP contribution in [-0.2, 0) is 16.1 Å². The normalized spacial score (nSPS) is 10.7. The third-order valence-electron chi connectivity index (χ3n) is 5.03. The first-order valence-corrected chi connectivity index (χ1v) is 11.1. The van der Waals surface area contributed by atoms with Gasteiger partial charge in [-0.1, -0.05) is 42.5 Å². The number of rotatable bonds is 8. The summed E-state index contributed by atoms with van der Waals surface area (Å²) in [7, 11) is 3.03. The van der Waals surface area contributed by atoms with Gasteiger partial charge in [0.2, 0.25) is 11.2 Å². The minimum absolute atomic E-state index is 0.102. The molecule has 0 unspecified atom stereocenters. The second-order valence-electron chi connectivity index (χ2n) is 7.21. The fraction of sp³-hybridized carbons (Fsp3) is 0.154. The molecule has 0 aliphatic carbocycles. The lowest BCUT2D eigenvalue weighted by molar-refractivity contribution is -0.147. The van der Waals surface area contributed by atoms with Gasteiger partial charge < -0.3 is 23.4 Å². The van der Waals surface area contributed by atoms with Crippen molar-refractivity contribution in [1.29, 1.82) is 0 Å². The molecule has 4 aromatic rings. The van der Waals surface area contributed by atoms with E-state index in [2.05, 4.69) is 15.9 Å². The molecule has 7 nitrogen and oxygen atoms in total. The molecule has 174 valence electrons. The van der Waals surface area contributed by atoms with Crippen LogP contribution in [0.15, 0.2) is 80.4 Å². The first-order chi connectivity index (χ1) is 16.5. The Labute approximate surface area is 204 Å². The second kappa shape index (κ2) is 10.4. The van der Waals surface area contributed by atoms with E-state index < -0.39 is 18.0 Å². The summed E-state index contributed by atoms with van der Waals surface area (Å²) >= 11 is 3.45. The van der Waals surface area contributed by atoms with Crippen LogP contribution < -0.4 is 19.6 Å². The fourth-order valence-electron chi connectivity index (χ4n) is 3.41. The summed E-state index contributed by atoms with van der Waals surface area (Å²) in [6, 6.07) is 19.5. The molecule has 0 radical (unpaired) electrons. The third-order valence-corrected chi connectivity index (χ3v) is 5.62. The Bertz CT molecular complexity index is 1380. The van der Waals surface area contributed by atoms with E-state index in [9.17, 15) is 9.59 Å². The molecule has 0 atom stereocenters. The molecule has 1 aromatic heterocycles. The zero-order chi connectivity index (χ0) is 24.1. The Morgan fingerprint density at radius 1 is 0.941 bits per heavy atom. The molecule has 0 amide bonds. The number of hydrogen-bond acceptors (Lipinski definition) is 7. The number of carbonyl (C=O) groups excluding carboxylic acids is 1. The number of benzene rings is 3. The van der Waals surface area contributed by atoms with Crippen LogP contribution in [0.1, 0.15) is 5.56 Å². The molecule has 0 saturated carbocycles. The largest absolute Gasteiger partial charge is 0.493 e. The Balaban J connectivity index is 1.69. The van der Waals surface area contributed by atoms with E-state index in [0.717, 1.165) is 5.56 Å². The van der Waals surface area contributed by atoms with Crippen molar-refractivity contribution in [2.24, 2.45) is 0 Å². The average molecular weight is 525 g/mol. The lowest BCUT2D eigenvalue weighted by Crippen LogP contribution is -2.19. The molecule has 0 N–H and O–H groups in total. The van der Waals surface area contributed by atoms with Gasteiger partial charge in [-0.05, 0) is 45.8 Å². The lowest BCUT2D eigenvalue weighted by Gasteiger charge is -2.14. The highest BCUT2D eigenvalue weighted by Crippen LogP contribution is 2.41. The van der Waals surface area contributed by atoms with Crippen molar-refractivity contribution in [3.8, 4) is 28.6 Å². The van der Waals surface area contributed by atoms with Crippen LogP contribution in [0.2, 0.25) is 0 Å². The van der Waals surface area contributed by atoms with Gasteiger partial charge in [0.1, 0.15) is 12.2 Å². The van der Waals surface area contributed by atoms with E-state index in [1.54, 1.807) is 36.4 Å². The highest BCUT2D eigenvalue weighted by Gasteiger charge is 2.22. The number of esters is 1. The van der Waals surface area contributed by atoms with Crippen LogP contribution in [0.5, 0.6) is 17.2 Å². The van der Waals surface area contributed by atoms with E-state index >= 15 is 0 Å². The van der Waals surface area contributed by atoms with E-state index in [4.69, 9.17) is 23.4 Å². The third kappa shape index (κ3) is 4.92. The number of halogens is 1. The molecule has 4 rings (SSSR count). The van der Waals surface area contributed by atoms with Crippen LogP contribution in [0.3, 0.4) is 0 Å². The van der Waals surface area contributed by atoms with Crippen molar-refractivity contribution in [1.82, 2.24) is 0 Å². The number of hydrogen-bond donors (Lipinski definition) is 0. The van der Waals surface area contributed by atoms with Crippen LogP contribution in [0.25, 0.3) is 22.3 Å². The Kier molecular flexibility index (Phi) is 7.18. The molecule has 1 heterocycles. The zero-order valence-corrected chi connectivity index (χ0v) is 20.1. The van der Waals surface area contributed by atoms with Gasteiger partial charge in [0.25, 0.3) is 0 Å². The molecule has 8 heteroatoms. The van der Waals surface area contributed by atoms with E-state index in [-0.39, 0.29) is 18.1 Å². The number of fused-ring (bicyclic) bond motifs is 1. The van der Waals surface area contributed by atoms with Gasteiger partial charge in [-0.25, -0.2) is 4.79 Å². The van der Waals surface area contributed by atoms with Crippen molar-refractivity contribution in [2.45, 2.75) is 6.61 Å². The van der Waals surface area contributed by atoms with Crippen LogP contribution >= 0.6 is 15.9 Å². The van der Waals surface area contributed by atoms with Crippen LogP contribution in [-0.4, -0.2) is 26.8 Å². The van der Waals surface area contributed by atoms with Gasteiger partial charge >= 0.3 is 5.97 Å². The van der Waals surface area contributed by atoms with Crippen molar-refractivity contribution < 1.29 is 28.2 Å². The molecular weight excluding hydrogens is 504 g/mol. The Morgan fingerprint density at radius 2 is 1.68 bits per heavy atom. The number of methoxy groups -OCH3 is 2. The van der Waals surface area contributed by atoms with Gasteiger partial charge in [0, 0.05) is 5.56 Å². The maximum atomic E-state index is 13.3. The predicted octanol–water partition coefficient (Wildman–Crippen LogP) is 5.36. The monoisotopic (exact) mass is 524 g/mol. The highest BCUT2D eigenvalue weighted by atomic mass is 79.9. The summed E-state index contributed by atoms with van der Waals surface area (Å²) in [5, 5.41) is 0.332. The molecule has 0 aliphatic heterocycles. The van der Waals surface area contributed by atoms with Crippen LogP contribution in [0.4, 0.5) is 0 Å². The number of ether oxygens (including phenoxy) is 4. The molecule has 0 spiro atoms. The molecule has 0 bridgehead atoms. The molecule has 0 aliphatic rings. The van der Waals surface area contributed by atoms with Crippen molar-refractivity contribution in [3.05, 3.63) is 87.0 Å². The maximum Gasteiger partial charge on any atom is 0.344 e. The zero-order valence-electron chi connectivity index (χ0n) is 18.5. The van der Waals surface area contributed by atoms with Crippen LogP contribution in [0, 0.1) is 0 Å². The molecule has 0 saturated heterocycles. The smallest absolute Gasteiger partial charge is 0.344 e. The summed E-state index contributed by atoms with van der Waals surface area (Å²) in [5.74, 6) is 0.351. The summed E-state index contributed by atoms with van der Waals surface area (Å²) in [6.07, 6.45) is 0. The van der Waals surface area contributed by atoms with Gasteiger partial charge in [0.05, 0.1) is 24.1 Å². The van der Waals surface area contributed by atoms with Crippen molar-refractivity contribution in [3.63, 3.8) is 0 Å². The first-order valence-electron chi connectivity index (χ1n) is 10.3. The summed E-state index contributed by atoms with van der Waals surface area (Å²) in [6.45, 7) is -0.359. The van der Waals surface area contributed by atoms with Gasteiger partial charge in [-0.15, -0.1) is 0 Å². The molecule has 0 fully saturated rings. The van der Waals surface area contributed by atoms with Gasteiger partial charge in [0.15, 0.2) is 23.9 Å². The Morgan fingerprint density at radius 3 is 2.41 bits per heavy atom. The van der Waals surface area contributed by atoms with Gasteiger partial charge in [-0.3, -0.25) is 4.79 Å². The predicted molar refractivity (Wildman–Crippen MR) is 130 cm³/mol. The minimum atomic E-state index is -0.615. The van der Waals surface area contributed by atoms with Gasteiger partial charge in [-0.2, -0.15) is 0 Å². The van der Waals surface area contributed by atoms with E-state index in [0.29, 0.717) is 32.5 Å². The van der Waals surface area contributed by atoms with E-state index in [1.165, 1.54) is 14.2 Å². The quantitative estimate of drug-likeness (QED) is 0.287. The average Bonchev–Trinajstić information content (AvgIpc) is 2.86. The topological polar surface area (TPSA) is 84.2 Å². The summed E-state index contributed by atoms with van der Waals surface area (Å²) < 4.78 is 28.4. The fourth-order valence-corrected chi connectivity index (χ4v) is 4.01. The Hall–Kier alpha value is -3.78. The SMILES string of the molecule is COc1cc(-c2oc3ccccc3c(=O)c2OCC(=O)OCc2ccccc2)cc(Br)c1OC. The lowest BCUT2D eigenvalue weighted by atomic mass is 10.1. The first kappa shape index (κ1) is 23.4. The van der Waals surface area contributed by atoms with Crippen molar-refractivity contribution >= 4 is 32.9 Å². The summed E-state index contributed by atoms with van der Waals surface area (Å²) in [4.78, 5) is 25.6. The minimum Gasteiger partial charge on any atom is -0.493 e.